The molecule has 0 spiro atoms. The first-order chi connectivity index (χ1) is 14.6. The lowest BCUT2D eigenvalue weighted by Gasteiger charge is -2.31. The first-order valence-electron chi connectivity index (χ1n) is 10.9. The topological polar surface area (TPSA) is 110 Å². The van der Waals surface area contributed by atoms with Crippen LogP contribution in [0.4, 0.5) is 19.1 Å². The minimum Gasteiger partial charge on any atom is -0.393 e. The van der Waals surface area contributed by atoms with Crippen LogP contribution < -0.4 is 11.1 Å². The van der Waals surface area contributed by atoms with E-state index in [9.17, 15) is 23.1 Å². The number of nitrogens with zero attached hydrogens (tertiary/aromatic N) is 2. The Kier molecular flexibility index (Phi) is 7.74. The largest absolute Gasteiger partial charge is 0.411 e. The van der Waals surface area contributed by atoms with E-state index in [0.717, 1.165) is 12.8 Å². The second kappa shape index (κ2) is 10.1. The van der Waals surface area contributed by atoms with Crippen molar-refractivity contribution in [2.75, 3.05) is 11.9 Å². The SMILES string of the molecule is C[C@@H]1CCC(Cc2nc(NC3CCC(OCC(F)(F)F)CC3)ncc2C(N)=O)CC1O. The Bertz CT molecular complexity index is 754. The lowest BCUT2D eigenvalue weighted by molar-refractivity contribution is -0.187. The third-order valence-electron chi connectivity index (χ3n) is 6.37. The number of primary amides is 1. The molecule has 174 valence electrons. The van der Waals surface area contributed by atoms with E-state index in [1.165, 1.54) is 6.20 Å². The summed E-state index contributed by atoms with van der Waals surface area (Å²) in [6.45, 7) is 0.816. The number of rotatable bonds is 7. The number of aliphatic hydroxyl groups is 1. The molecule has 0 aliphatic heterocycles. The van der Waals surface area contributed by atoms with Gasteiger partial charge in [-0.25, -0.2) is 9.97 Å². The van der Waals surface area contributed by atoms with Gasteiger partial charge in [0.1, 0.15) is 6.61 Å². The van der Waals surface area contributed by atoms with E-state index in [1.807, 2.05) is 6.92 Å². The van der Waals surface area contributed by atoms with Gasteiger partial charge in [-0.1, -0.05) is 6.92 Å². The molecule has 1 aromatic heterocycles. The maximum absolute atomic E-state index is 12.3. The lowest BCUT2D eigenvalue weighted by Crippen LogP contribution is -2.32. The molecule has 3 rings (SSSR count). The third-order valence-corrected chi connectivity index (χ3v) is 6.37. The van der Waals surface area contributed by atoms with Gasteiger partial charge in [0.2, 0.25) is 5.95 Å². The van der Waals surface area contributed by atoms with Crippen molar-refractivity contribution in [2.24, 2.45) is 17.6 Å². The standard InChI is InChI=1S/C21H31F3N4O3/c1-12-2-3-13(9-18(12)29)8-17-16(19(25)30)10-26-20(28-17)27-14-4-6-15(7-5-14)31-11-21(22,23)24/h10,12-15,18,29H,2-9,11H2,1H3,(H2,25,30)(H,26,27,28)/t12-,13?,14?,15?,18?/m1/s1. The predicted octanol–water partition coefficient (Wildman–Crippen LogP) is 3.22. The van der Waals surface area contributed by atoms with Gasteiger partial charge in [-0.3, -0.25) is 4.79 Å². The second-order valence-electron chi connectivity index (χ2n) is 8.89. The van der Waals surface area contributed by atoms with E-state index in [0.29, 0.717) is 50.2 Å². The van der Waals surface area contributed by atoms with Crippen molar-refractivity contribution in [2.45, 2.75) is 82.7 Å². The van der Waals surface area contributed by atoms with Crippen molar-refractivity contribution >= 4 is 11.9 Å². The van der Waals surface area contributed by atoms with Crippen molar-refractivity contribution < 1.29 is 27.8 Å². The van der Waals surface area contributed by atoms with E-state index < -0.39 is 24.8 Å². The minimum atomic E-state index is -4.31. The van der Waals surface area contributed by atoms with Crippen LogP contribution in [0.2, 0.25) is 0 Å². The summed E-state index contributed by atoms with van der Waals surface area (Å²) in [4.78, 5) is 20.6. The van der Waals surface area contributed by atoms with Gasteiger partial charge in [0.05, 0.1) is 23.5 Å². The molecule has 2 aliphatic carbocycles. The molecule has 2 aliphatic rings. The Labute approximate surface area is 180 Å². The van der Waals surface area contributed by atoms with Gasteiger partial charge in [0.25, 0.3) is 5.91 Å². The van der Waals surface area contributed by atoms with Gasteiger partial charge in [-0.15, -0.1) is 0 Å². The van der Waals surface area contributed by atoms with Crippen molar-refractivity contribution in [3.63, 3.8) is 0 Å². The number of anilines is 1. The summed E-state index contributed by atoms with van der Waals surface area (Å²) in [5.74, 6) is 0.274. The molecule has 2 unspecified atom stereocenters. The first kappa shape index (κ1) is 23.7. The van der Waals surface area contributed by atoms with Crippen LogP contribution in [-0.2, 0) is 11.2 Å². The summed E-state index contributed by atoms with van der Waals surface area (Å²) in [5.41, 5.74) is 6.34. The maximum Gasteiger partial charge on any atom is 0.411 e. The smallest absolute Gasteiger partial charge is 0.393 e. The van der Waals surface area contributed by atoms with Crippen LogP contribution in [0.15, 0.2) is 6.20 Å². The number of hydrogen-bond acceptors (Lipinski definition) is 6. The van der Waals surface area contributed by atoms with Gasteiger partial charge in [0, 0.05) is 12.2 Å². The molecule has 31 heavy (non-hydrogen) atoms. The molecule has 0 aromatic carbocycles. The Balaban J connectivity index is 1.58. The Morgan fingerprint density at radius 3 is 2.58 bits per heavy atom. The molecule has 2 saturated carbocycles. The van der Waals surface area contributed by atoms with Gasteiger partial charge >= 0.3 is 6.18 Å². The fourth-order valence-electron chi connectivity index (χ4n) is 4.46. The van der Waals surface area contributed by atoms with E-state index >= 15 is 0 Å². The van der Waals surface area contributed by atoms with Crippen molar-refractivity contribution in [1.29, 1.82) is 0 Å². The average Bonchev–Trinajstić information content (AvgIpc) is 2.70. The van der Waals surface area contributed by atoms with E-state index in [-0.39, 0.29) is 29.5 Å². The normalized spacial score (nSPS) is 29.5. The van der Waals surface area contributed by atoms with E-state index in [1.54, 1.807) is 0 Å². The molecule has 1 heterocycles. The quantitative estimate of drug-likeness (QED) is 0.596. The van der Waals surface area contributed by atoms with Crippen LogP contribution >= 0.6 is 0 Å². The molecule has 0 bridgehead atoms. The zero-order valence-corrected chi connectivity index (χ0v) is 17.7. The number of alkyl halides is 3. The second-order valence-corrected chi connectivity index (χ2v) is 8.89. The van der Waals surface area contributed by atoms with Crippen molar-refractivity contribution in [3.8, 4) is 0 Å². The monoisotopic (exact) mass is 444 g/mol. The molecular weight excluding hydrogens is 413 g/mol. The molecule has 0 saturated heterocycles. The summed E-state index contributed by atoms with van der Waals surface area (Å²) >= 11 is 0. The highest BCUT2D eigenvalue weighted by Gasteiger charge is 2.31. The number of nitrogens with two attached hydrogens (primary N) is 1. The molecule has 4 N–H and O–H groups in total. The fraction of sp³-hybridized carbons (Fsp3) is 0.762. The number of hydrogen-bond donors (Lipinski definition) is 3. The highest BCUT2D eigenvalue weighted by atomic mass is 19.4. The third kappa shape index (κ3) is 7.03. The number of carbonyl (C=O) groups is 1. The Morgan fingerprint density at radius 2 is 1.97 bits per heavy atom. The minimum absolute atomic E-state index is 0.0235. The van der Waals surface area contributed by atoms with E-state index in [4.69, 9.17) is 10.5 Å². The number of aliphatic hydroxyl groups excluding tert-OH is 1. The number of nitrogens with one attached hydrogen (secondary N) is 1. The lowest BCUT2D eigenvalue weighted by atomic mass is 9.78. The summed E-state index contributed by atoms with van der Waals surface area (Å²) in [7, 11) is 0. The van der Waals surface area contributed by atoms with Crippen LogP contribution in [-0.4, -0.2) is 52.0 Å². The van der Waals surface area contributed by atoms with Gasteiger partial charge in [-0.2, -0.15) is 13.2 Å². The van der Waals surface area contributed by atoms with Crippen LogP contribution in [0.1, 0.15) is 67.9 Å². The number of halogens is 3. The molecule has 1 amide bonds. The summed E-state index contributed by atoms with van der Waals surface area (Å²) in [6, 6.07) is 0.0235. The molecule has 7 nitrogen and oxygen atoms in total. The molecular formula is C21H31F3N4O3. The predicted molar refractivity (Wildman–Crippen MR) is 108 cm³/mol. The zero-order valence-electron chi connectivity index (χ0n) is 17.7. The van der Waals surface area contributed by atoms with Crippen LogP contribution in [0.5, 0.6) is 0 Å². The highest BCUT2D eigenvalue weighted by Crippen LogP contribution is 2.32. The maximum atomic E-state index is 12.3. The van der Waals surface area contributed by atoms with E-state index in [2.05, 4.69) is 15.3 Å². The number of amides is 1. The summed E-state index contributed by atoms with van der Waals surface area (Å²) in [6.07, 6.45) is 1.77. The van der Waals surface area contributed by atoms with Gasteiger partial charge in [0.15, 0.2) is 0 Å². The molecule has 3 atom stereocenters. The number of carbonyl (C=O) groups excluding carboxylic acids is 1. The Morgan fingerprint density at radius 1 is 1.26 bits per heavy atom. The fourth-order valence-corrected chi connectivity index (χ4v) is 4.46. The molecule has 1 aromatic rings. The summed E-state index contributed by atoms with van der Waals surface area (Å²) < 4.78 is 41.9. The number of ether oxygens (including phenoxy) is 1. The van der Waals surface area contributed by atoms with Gasteiger partial charge < -0.3 is 20.9 Å². The number of aromatic nitrogens is 2. The van der Waals surface area contributed by atoms with Crippen LogP contribution in [0, 0.1) is 11.8 Å². The van der Waals surface area contributed by atoms with Crippen molar-refractivity contribution in [3.05, 3.63) is 17.5 Å². The van der Waals surface area contributed by atoms with Crippen molar-refractivity contribution in [1.82, 2.24) is 9.97 Å². The summed E-state index contributed by atoms with van der Waals surface area (Å²) in [5, 5.41) is 13.4. The average molecular weight is 444 g/mol. The molecule has 10 heteroatoms. The zero-order chi connectivity index (χ0) is 22.6. The first-order valence-corrected chi connectivity index (χ1v) is 10.9. The molecule has 0 radical (unpaired) electrons. The van der Waals surface area contributed by atoms with Crippen LogP contribution in [0.25, 0.3) is 0 Å². The van der Waals surface area contributed by atoms with Crippen LogP contribution in [0.3, 0.4) is 0 Å². The highest BCUT2D eigenvalue weighted by molar-refractivity contribution is 5.93. The van der Waals surface area contributed by atoms with Gasteiger partial charge in [-0.05, 0) is 63.2 Å². The molecule has 2 fully saturated rings. The Hall–Kier alpha value is -1.94.